The maximum Gasteiger partial charge on any atom is 0.225 e. The zero-order valence-corrected chi connectivity index (χ0v) is 17.0. The van der Waals surface area contributed by atoms with Gasteiger partial charge in [-0.15, -0.1) is 0 Å². The van der Waals surface area contributed by atoms with Crippen LogP contribution in [-0.2, 0) is 0 Å². The molecule has 2 aliphatic rings. The molecule has 8 heteroatoms. The standard InChI is InChI=1S/C22H25N7O/c1-16-4-2-3-5-18(16)29-12-13-30-19-14-24-22(27-21(19)29)26-17-7-10-28(11-8-17)20-6-9-23-15-25-20/h2-6,9,14-15,17H,7-8,10-13H2,1H3,(H,24,26,27). The zero-order valence-electron chi connectivity index (χ0n) is 17.0. The molecule has 1 fully saturated rings. The molecule has 0 spiro atoms. The second-order valence-electron chi connectivity index (χ2n) is 7.64. The molecular weight excluding hydrogens is 378 g/mol. The van der Waals surface area contributed by atoms with Gasteiger partial charge in [0, 0.05) is 31.0 Å². The quantitative estimate of drug-likeness (QED) is 0.712. The molecule has 1 aromatic carbocycles. The van der Waals surface area contributed by atoms with Gasteiger partial charge in [0.25, 0.3) is 0 Å². The minimum Gasteiger partial charge on any atom is -0.486 e. The first-order valence-electron chi connectivity index (χ1n) is 10.4. The molecule has 0 aliphatic carbocycles. The summed E-state index contributed by atoms with van der Waals surface area (Å²) in [5, 5.41) is 3.53. The summed E-state index contributed by atoms with van der Waals surface area (Å²) < 4.78 is 5.81. The molecule has 5 rings (SSSR count). The maximum atomic E-state index is 5.81. The summed E-state index contributed by atoms with van der Waals surface area (Å²) in [5.74, 6) is 3.19. The van der Waals surface area contributed by atoms with E-state index in [1.807, 2.05) is 6.07 Å². The van der Waals surface area contributed by atoms with Crippen LogP contribution in [0.25, 0.3) is 0 Å². The molecule has 0 radical (unpaired) electrons. The molecule has 0 amide bonds. The Balaban J connectivity index is 1.30. The van der Waals surface area contributed by atoms with Gasteiger partial charge in [-0.05, 0) is 37.5 Å². The monoisotopic (exact) mass is 403 g/mol. The average Bonchev–Trinajstić information content (AvgIpc) is 2.80. The van der Waals surface area contributed by atoms with Crippen molar-refractivity contribution in [3.8, 4) is 5.75 Å². The third-order valence-corrected chi connectivity index (χ3v) is 5.69. The molecule has 2 aliphatic heterocycles. The summed E-state index contributed by atoms with van der Waals surface area (Å²) in [6.45, 7) is 5.40. The van der Waals surface area contributed by atoms with Crippen molar-refractivity contribution in [3.05, 3.63) is 54.6 Å². The minimum absolute atomic E-state index is 0.331. The molecule has 4 heterocycles. The van der Waals surface area contributed by atoms with Crippen molar-refractivity contribution in [1.29, 1.82) is 0 Å². The molecule has 0 saturated carbocycles. The average molecular weight is 403 g/mol. The van der Waals surface area contributed by atoms with Crippen LogP contribution in [0.4, 0.5) is 23.3 Å². The van der Waals surface area contributed by atoms with Gasteiger partial charge < -0.3 is 19.9 Å². The first kappa shape index (κ1) is 18.6. The SMILES string of the molecule is Cc1ccccc1N1CCOc2cnc(NC3CCN(c4ccncn4)CC3)nc21. The molecule has 3 aromatic rings. The Morgan fingerprint density at radius 2 is 1.93 bits per heavy atom. The Labute approximate surface area is 176 Å². The van der Waals surface area contributed by atoms with E-state index in [-0.39, 0.29) is 0 Å². The van der Waals surface area contributed by atoms with E-state index in [4.69, 9.17) is 9.72 Å². The number of aryl methyl sites for hydroxylation is 1. The van der Waals surface area contributed by atoms with Crippen LogP contribution in [0.15, 0.2) is 49.1 Å². The van der Waals surface area contributed by atoms with Crippen molar-refractivity contribution in [2.45, 2.75) is 25.8 Å². The molecule has 8 nitrogen and oxygen atoms in total. The van der Waals surface area contributed by atoms with E-state index in [1.54, 1.807) is 18.7 Å². The first-order valence-corrected chi connectivity index (χ1v) is 10.4. The van der Waals surface area contributed by atoms with Gasteiger partial charge in [-0.1, -0.05) is 18.2 Å². The molecule has 0 bridgehead atoms. The highest BCUT2D eigenvalue weighted by Gasteiger charge is 2.25. The number of aromatic nitrogens is 4. The van der Waals surface area contributed by atoms with E-state index in [0.717, 1.165) is 55.5 Å². The summed E-state index contributed by atoms with van der Waals surface area (Å²) in [6, 6.07) is 10.7. The molecule has 30 heavy (non-hydrogen) atoms. The summed E-state index contributed by atoms with van der Waals surface area (Å²) in [6.07, 6.45) is 7.18. The largest absolute Gasteiger partial charge is 0.486 e. The highest BCUT2D eigenvalue weighted by molar-refractivity contribution is 5.69. The summed E-state index contributed by atoms with van der Waals surface area (Å²) in [4.78, 5) is 22.2. The van der Waals surface area contributed by atoms with Crippen LogP contribution in [0.3, 0.4) is 0 Å². The second kappa shape index (κ2) is 8.14. The van der Waals surface area contributed by atoms with Gasteiger partial charge in [0.1, 0.15) is 18.8 Å². The predicted molar refractivity (Wildman–Crippen MR) is 117 cm³/mol. The molecule has 1 N–H and O–H groups in total. The molecule has 0 unspecified atom stereocenters. The van der Waals surface area contributed by atoms with Crippen LogP contribution in [0.1, 0.15) is 18.4 Å². The van der Waals surface area contributed by atoms with E-state index in [1.165, 1.54) is 5.56 Å². The van der Waals surface area contributed by atoms with E-state index in [2.05, 4.69) is 61.3 Å². The first-order chi connectivity index (χ1) is 14.8. The fourth-order valence-electron chi connectivity index (χ4n) is 4.09. The number of para-hydroxylation sites is 1. The summed E-state index contributed by atoms with van der Waals surface area (Å²) in [5.41, 5.74) is 2.38. The fraction of sp³-hybridized carbons (Fsp3) is 0.364. The predicted octanol–water partition coefficient (Wildman–Crippen LogP) is 3.19. The number of piperidine rings is 1. The van der Waals surface area contributed by atoms with Gasteiger partial charge in [-0.25, -0.2) is 15.0 Å². The van der Waals surface area contributed by atoms with Crippen LogP contribution < -0.4 is 19.9 Å². The van der Waals surface area contributed by atoms with E-state index in [0.29, 0.717) is 18.6 Å². The van der Waals surface area contributed by atoms with Crippen LogP contribution in [0.2, 0.25) is 0 Å². The molecule has 1 saturated heterocycles. The van der Waals surface area contributed by atoms with Gasteiger partial charge in [-0.2, -0.15) is 4.98 Å². The van der Waals surface area contributed by atoms with Crippen LogP contribution in [0.5, 0.6) is 5.75 Å². The lowest BCUT2D eigenvalue weighted by atomic mass is 10.1. The Bertz CT molecular complexity index is 1010. The normalized spacial score (nSPS) is 16.7. The lowest BCUT2D eigenvalue weighted by molar-refractivity contribution is 0.310. The van der Waals surface area contributed by atoms with E-state index < -0.39 is 0 Å². The third-order valence-electron chi connectivity index (χ3n) is 5.69. The van der Waals surface area contributed by atoms with Crippen LogP contribution in [-0.4, -0.2) is 52.2 Å². The molecule has 0 atom stereocenters. The molecular formula is C22H25N7O. The van der Waals surface area contributed by atoms with Crippen molar-refractivity contribution >= 4 is 23.3 Å². The summed E-state index contributed by atoms with van der Waals surface area (Å²) in [7, 11) is 0. The van der Waals surface area contributed by atoms with Gasteiger partial charge in [0.2, 0.25) is 5.95 Å². The fourth-order valence-corrected chi connectivity index (χ4v) is 4.09. The van der Waals surface area contributed by atoms with Crippen LogP contribution in [0, 0.1) is 6.92 Å². The highest BCUT2D eigenvalue weighted by Crippen LogP contribution is 2.36. The Morgan fingerprint density at radius 1 is 1.07 bits per heavy atom. The Kier molecular flexibility index (Phi) is 5.04. The topological polar surface area (TPSA) is 79.3 Å². The lowest BCUT2D eigenvalue weighted by Crippen LogP contribution is -2.40. The zero-order chi connectivity index (χ0) is 20.3. The number of nitrogens with one attached hydrogen (secondary N) is 1. The van der Waals surface area contributed by atoms with Crippen molar-refractivity contribution in [2.75, 3.05) is 41.4 Å². The van der Waals surface area contributed by atoms with Crippen molar-refractivity contribution in [1.82, 2.24) is 19.9 Å². The number of ether oxygens (including phenoxy) is 1. The third kappa shape index (κ3) is 3.72. The smallest absolute Gasteiger partial charge is 0.225 e. The van der Waals surface area contributed by atoms with Crippen LogP contribution >= 0.6 is 0 Å². The number of rotatable bonds is 4. The van der Waals surface area contributed by atoms with Gasteiger partial charge >= 0.3 is 0 Å². The highest BCUT2D eigenvalue weighted by atomic mass is 16.5. The van der Waals surface area contributed by atoms with E-state index >= 15 is 0 Å². The summed E-state index contributed by atoms with van der Waals surface area (Å²) >= 11 is 0. The van der Waals surface area contributed by atoms with Crippen molar-refractivity contribution in [3.63, 3.8) is 0 Å². The van der Waals surface area contributed by atoms with Crippen molar-refractivity contribution in [2.24, 2.45) is 0 Å². The second-order valence-corrected chi connectivity index (χ2v) is 7.64. The Morgan fingerprint density at radius 3 is 2.73 bits per heavy atom. The van der Waals surface area contributed by atoms with Gasteiger partial charge in [-0.3, -0.25) is 0 Å². The number of hydrogen-bond acceptors (Lipinski definition) is 8. The van der Waals surface area contributed by atoms with E-state index in [9.17, 15) is 0 Å². The lowest BCUT2D eigenvalue weighted by Gasteiger charge is -2.34. The van der Waals surface area contributed by atoms with Gasteiger partial charge in [0.05, 0.1) is 12.7 Å². The molecule has 2 aromatic heterocycles. The number of benzene rings is 1. The number of anilines is 4. The number of fused-ring (bicyclic) bond motifs is 1. The Hall–Kier alpha value is -3.42. The number of nitrogens with zero attached hydrogens (tertiary/aromatic N) is 6. The number of hydrogen-bond donors (Lipinski definition) is 1. The minimum atomic E-state index is 0.331. The van der Waals surface area contributed by atoms with Crippen molar-refractivity contribution < 1.29 is 4.74 Å². The maximum absolute atomic E-state index is 5.81. The molecule has 154 valence electrons. The van der Waals surface area contributed by atoms with Gasteiger partial charge in [0.15, 0.2) is 11.6 Å².